The Hall–Kier alpha value is -3.61. The average molecular weight is 396 g/mol. The number of carbonyl (C=O) groups excluding carboxylic acids is 2. The minimum Gasteiger partial charge on any atom is -0.484 e. The first-order valence-electron chi connectivity index (χ1n) is 9.13. The van der Waals surface area contributed by atoms with Crippen molar-refractivity contribution >= 4 is 23.2 Å². The molecule has 29 heavy (non-hydrogen) atoms. The third-order valence-electron chi connectivity index (χ3n) is 4.30. The van der Waals surface area contributed by atoms with Gasteiger partial charge in [-0.25, -0.2) is 4.39 Å². The van der Waals surface area contributed by atoms with Crippen molar-refractivity contribution in [3.63, 3.8) is 0 Å². The molecule has 150 valence electrons. The molecule has 0 atom stereocenters. The van der Waals surface area contributed by atoms with Gasteiger partial charge >= 0.3 is 0 Å². The minimum atomic E-state index is -0.621. The highest BCUT2D eigenvalue weighted by Crippen LogP contribution is 2.21. The Labute approximate surface area is 167 Å². The van der Waals surface area contributed by atoms with Gasteiger partial charge in [-0.1, -0.05) is 19.1 Å². The maximum Gasteiger partial charge on any atom is 0.262 e. The molecule has 2 amide bonds. The van der Waals surface area contributed by atoms with E-state index in [0.717, 1.165) is 12.5 Å². The Morgan fingerprint density at radius 2 is 1.83 bits per heavy atom. The molecular formula is C22H21FN2O4. The van der Waals surface area contributed by atoms with Crippen molar-refractivity contribution in [3.8, 4) is 5.75 Å². The van der Waals surface area contributed by atoms with Crippen LogP contribution >= 0.6 is 0 Å². The number of benzene rings is 2. The molecule has 0 fully saturated rings. The molecule has 1 aromatic heterocycles. The normalized spacial score (nSPS) is 10.4. The Balaban J connectivity index is 1.60. The number of hydrogen-bond donors (Lipinski definition) is 2. The number of aryl methyl sites for hydroxylation is 2. The molecule has 7 heteroatoms. The van der Waals surface area contributed by atoms with Crippen LogP contribution in [0, 0.1) is 12.7 Å². The zero-order chi connectivity index (χ0) is 20.8. The van der Waals surface area contributed by atoms with Gasteiger partial charge in [0.15, 0.2) is 6.61 Å². The lowest BCUT2D eigenvalue weighted by Gasteiger charge is -2.11. The number of hydrogen-bond acceptors (Lipinski definition) is 4. The zero-order valence-electron chi connectivity index (χ0n) is 16.1. The maximum absolute atomic E-state index is 14.1. The summed E-state index contributed by atoms with van der Waals surface area (Å²) in [5.41, 5.74) is 1.76. The number of furan rings is 1. The van der Waals surface area contributed by atoms with Gasteiger partial charge in [0.1, 0.15) is 17.3 Å². The summed E-state index contributed by atoms with van der Waals surface area (Å²) in [5, 5.41) is 5.10. The topological polar surface area (TPSA) is 80.6 Å². The third kappa shape index (κ3) is 5.22. The van der Waals surface area contributed by atoms with Crippen LogP contribution in [0.2, 0.25) is 0 Å². The van der Waals surface area contributed by atoms with Crippen molar-refractivity contribution < 1.29 is 23.1 Å². The quantitative estimate of drug-likeness (QED) is 0.614. The Kier molecular flexibility index (Phi) is 6.29. The van der Waals surface area contributed by atoms with Crippen molar-refractivity contribution in [1.29, 1.82) is 0 Å². The maximum atomic E-state index is 14.1. The molecule has 0 unspecified atom stereocenters. The lowest BCUT2D eigenvalue weighted by atomic mass is 10.2. The van der Waals surface area contributed by atoms with Gasteiger partial charge in [-0.3, -0.25) is 9.59 Å². The molecule has 1 heterocycles. The van der Waals surface area contributed by atoms with E-state index in [-0.39, 0.29) is 12.3 Å². The standard InChI is InChI=1S/C22H21FN2O4/c1-3-15-4-7-17(8-5-15)29-13-21(26)24-16-6-9-19(23)20(12-16)25-22(27)18-10-11-28-14(18)2/h4-12H,3,13H2,1-2H3,(H,24,26)(H,25,27). The Morgan fingerprint density at radius 3 is 2.48 bits per heavy atom. The SMILES string of the molecule is CCc1ccc(OCC(=O)Nc2ccc(F)c(NC(=O)c3ccoc3C)c2)cc1. The van der Waals surface area contributed by atoms with E-state index in [4.69, 9.17) is 9.15 Å². The van der Waals surface area contributed by atoms with Crippen LogP contribution in [0.25, 0.3) is 0 Å². The molecule has 2 aromatic carbocycles. The summed E-state index contributed by atoms with van der Waals surface area (Å²) in [6, 6.07) is 12.9. The third-order valence-corrected chi connectivity index (χ3v) is 4.30. The van der Waals surface area contributed by atoms with Gasteiger partial charge in [-0.15, -0.1) is 0 Å². The molecule has 6 nitrogen and oxygen atoms in total. The highest BCUT2D eigenvalue weighted by molar-refractivity contribution is 6.05. The molecule has 3 aromatic rings. The molecule has 0 saturated carbocycles. The predicted molar refractivity (Wildman–Crippen MR) is 108 cm³/mol. The summed E-state index contributed by atoms with van der Waals surface area (Å²) < 4.78 is 24.6. The molecule has 0 aliphatic rings. The number of ether oxygens (including phenoxy) is 1. The number of halogens is 1. The van der Waals surface area contributed by atoms with E-state index < -0.39 is 17.6 Å². The number of amides is 2. The fraction of sp³-hybridized carbons (Fsp3) is 0.182. The summed E-state index contributed by atoms with van der Waals surface area (Å²) in [4.78, 5) is 24.4. The van der Waals surface area contributed by atoms with E-state index in [9.17, 15) is 14.0 Å². The first-order chi connectivity index (χ1) is 14.0. The van der Waals surface area contributed by atoms with Crippen LogP contribution < -0.4 is 15.4 Å². The molecule has 0 saturated heterocycles. The Morgan fingerprint density at radius 1 is 1.07 bits per heavy atom. The summed E-state index contributed by atoms with van der Waals surface area (Å²) in [6.07, 6.45) is 2.30. The fourth-order valence-electron chi connectivity index (χ4n) is 2.68. The van der Waals surface area contributed by atoms with Gasteiger partial charge in [-0.2, -0.15) is 0 Å². The Bertz CT molecular complexity index is 1010. The second-order valence-electron chi connectivity index (χ2n) is 6.37. The summed E-state index contributed by atoms with van der Waals surface area (Å²) >= 11 is 0. The molecule has 0 aliphatic carbocycles. The summed E-state index contributed by atoms with van der Waals surface area (Å²) in [6.45, 7) is 3.50. The van der Waals surface area contributed by atoms with Crippen molar-refractivity contribution in [1.82, 2.24) is 0 Å². The van der Waals surface area contributed by atoms with Crippen LogP contribution in [0.5, 0.6) is 5.75 Å². The van der Waals surface area contributed by atoms with Crippen LogP contribution in [-0.4, -0.2) is 18.4 Å². The molecule has 0 bridgehead atoms. The number of anilines is 2. The van der Waals surface area contributed by atoms with Crippen molar-refractivity contribution in [2.24, 2.45) is 0 Å². The number of carbonyl (C=O) groups is 2. The highest BCUT2D eigenvalue weighted by atomic mass is 19.1. The van der Waals surface area contributed by atoms with E-state index >= 15 is 0 Å². The summed E-state index contributed by atoms with van der Waals surface area (Å²) in [5.74, 6) is -0.516. The van der Waals surface area contributed by atoms with E-state index in [1.165, 1.54) is 30.0 Å². The van der Waals surface area contributed by atoms with Crippen molar-refractivity contribution in [2.75, 3.05) is 17.2 Å². The van der Waals surface area contributed by atoms with E-state index in [1.54, 1.807) is 19.1 Å². The summed E-state index contributed by atoms with van der Waals surface area (Å²) in [7, 11) is 0. The first-order valence-corrected chi connectivity index (χ1v) is 9.13. The smallest absolute Gasteiger partial charge is 0.262 e. The van der Waals surface area contributed by atoms with Crippen molar-refractivity contribution in [2.45, 2.75) is 20.3 Å². The predicted octanol–water partition coefficient (Wildman–Crippen LogP) is 4.56. The largest absolute Gasteiger partial charge is 0.484 e. The van der Waals surface area contributed by atoms with Gasteiger partial charge in [0.25, 0.3) is 11.8 Å². The van der Waals surface area contributed by atoms with Crippen LogP contribution in [0.1, 0.15) is 28.6 Å². The van der Waals surface area contributed by atoms with Crippen LogP contribution in [0.3, 0.4) is 0 Å². The molecule has 3 rings (SSSR count). The zero-order valence-corrected chi connectivity index (χ0v) is 16.1. The molecule has 0 aliphatic heterocycles. The monoisotopic (exact) mass is 396 g/mol. The van der Waals surface area contributed by atoms with Gasteiger partial charge in [0.05, 0.1) is 17.5 Å². The van der Waals surface area contributed by atoms with Gasteiger partial charge < -0.3 is 19.8 Å². The van der Waals surface area contributed by atoms with Gasteiger partial charge in [0, 0.05) is 5.69 Å². The number of nitrogens with one attached hydrogen (secondary N) is 2. The molecule has 0 radical (unpaired) electrons. The number of rotatable bonds is 7. The van der Waals surface area contributed by atoms with Gasteiger partial charge in [-0.05, 0) is 55.3 Å². The van der Waals surface area contributed by atoms with E-state index in [2.05, 4.69) is 17.6 Å². The second-order valence-corrected chi connectivity index (χ2v) is 6.37. The first kappa shape index (κ1) is 20.1. The minimum absolute atomic E-state index is 0.0514. The van der Waals surface area contributed by atoms with Crippen molar-refractivity contribution in [3.05, 3.63) is 77.5 Å². The molecule has 2 N–H and O–H groups in total. The second kappa shape index (κ2) is 9.05. The lowest BCUT2D eigenvalue weighted by molar-refractivity contribution is -0.118. The van der Waals surface area contributed by atoms with Crippen LogP contribution in [-0.2, 0) is 11.2 Å². The fourth-order valence-corrected chi connectivity index (χ4v) is 2.68. The average Bonchev–Trinajstić information content (AvgIpc) is 3.15. The van der Waals surface area contributed by atoms with Gasteiger partial charge in [0.2, 0.25) is 0 Å². The molecular weight excluding hydrogens is 375 g/mol. The van der Waals surface area contributed by atoms with Crippen LogP contribution in [0.4, 0.5) is 15.8 Å². The van der Waals surface area contributed by atoms with E-state index in [0.29, 0.717) is 22.8 Å². The van der Waals surface area contributed by atoms with E-state index in [1.807, 2.05) is 12.1 Å². The lowest BCUT2D eigenvalue weighted by Crippen LogP contribution is -2.20. The van der Waals surface area contributed by atoms with Crippen LogP contribution in [0.15, 0.2) is 59.2 Å². The molecule has 0 spiro atoms. The highest BCUT2D eigenvalue weighted by Gasteiger charge is 2.14.